The Balaban J connectivity index is 2.59. The van der Waals surface area contributed by atoms with Gasteiger partial charge in [-0.15, -0.1) is 0 Å². The van der Waals surface area contributed by atoms with Crippen LogP contribution in [-0.4, -0.2) is 20.3 Å². The van der Waals surface area contributed by atoms with E-state index < -0.39 is 10.7 Å². The highest BCUT2D eigenvalue weighted by molar-refractivity contribution is 6.19. The van der Waals surface area contributed by atoms with Gasteiger partial charge in [0.25, 0.3) is 0 Å². The first-order valence-corrected chi connectivity index (χ1v) is 6.07. The lowest BCUT2D eigenvalue weighted by molar-refractivity contribution is -0.390. The van der Waals surface area contributed by atoms with Crippen molar-refractivity contribution in [3.8, 4) is 0 Å². The number of aryl methyl sites for hydroxylation is 1. The molecule has 1 heterocycles. The number of rotatable bonds is 4. The lowest BCUT2D eigenvalue weighted by Gasteiger charge is -2.04. The Morgan fingerprint density at radius 3 is 2.52 bits per heavy atom. The van der Waals surface area contributed by atoms with E-state index in [4.69, 9.17) is 0 Å². The summed E-state index contributed by atoms with van der Waals surface area (Å²) in [5.41, 5.74) is 0.660. The molecule has 0 saturated carbocycles. The average Bonchev–Trinajstić information content (AvgIpc) is 2.79. The smallest absolute Gasteiger partial charge is 0.348 e. The standard InChI is InChI=1S/C14H12FN3O3/c1-9(19)13(7-11-3-5-12(15)6-4-11)17-10(2)16-8-14(17)18(20)21/h3-8H,1-2H3/b13-7+. The zero-order chi connectivity index (χ0) is 15.6. The van der Waals surface area contributed by atoms with Crippen LogP contribution in [0, 0.1) is 22.9 Å². The molecular formula is C14H12FN3O3. The third-order valence-corrected chi connectivity index (χ3v) is 2.88. The van der Waals surface area contributed by atoms with Crippen molar-refractivity contribution in [2.24, 2.45) is 0 Å². The van der Waals surface area contributed by atoms with E-state index in [1.54, 1.807) is 6.92 Å². The predicted molar refractivity (Wildman–Crippen MR) is 74.9 cm³/mol. The third-order valence-electron chi connectivity index (χ3n) is 2.88. The van der Waals surface area contributed by atoms with Gasteiger partial charge >= 0.3 is 5.82 Å². The van der Waals surface area contributed by atoms with Gasteiger partial charge in [0.15, 0.2) is 17.3 Å². The number of nitrogens with zero attached hydrogens (tertiary/aromatic N) is 3. The topological polar surface area (TPSA) is 78.0 Å². The quantitative estimate of drug-likeness (QED) is 0.492. The number of carbonyl (C=O) groups is 1. The van der Waals surface area contributed by atoms with Crippen molar-refractivity contribution >= 4 is 23.4 Å². The molecule has 6 nitrogen and oxygen atoms in total. The van der Waals surface area contributed by atoms with Crippen molar-refractivity contribution in [3.63, 3.8) is 0 Å². The summed E-state index contributed by atoms with van der Waals surface area (Å²) in [6.07, 6.45) is 2.56. The van der Waals surface area contributed by atoms with Crippen LogP contribution < -0.4 is 0 Å². The first-order valence-electron chi connectivity index (χ1n) is 6.07. The molecule has 0 unspecified atom stereocenters. The van der Waals surface area contributed by atoms with Crippen molar-refractivity contribution in [2.75, 3.05) is 0 Å². The maximum atomic E-state index is 12.9. The molecule has 1 aromatic carbocycles. The Morgan fingerprint density at radius 2 is 2.00 bits per heavy atom. The fourth-order valence-electron chi connectivity index (χ4n) is 1.90. The number of benzene rings is 1. The summed E-state index contributed by atoms with van der Waals surface area (Å²) in [5.74, 6) is -0.730. The molecule has 0 spiro atoms. The van der Waals surface area contributed by atoms with E-state index in [2.05, 4.69) is 4.98 Å². The van der Waals surface area contributed by atoms with Crippen LogP contribution in [0.15, 0.2) is 30.5 Å². The number of Topliss-reactive ketones (excluding diaryl/α,β-unsaturated/α-hetero) is 1. The Hall–Kier alpha value is -2.83. The second-order valence-corrected chi connectivity index (χ2v) is 4.39. The molecule has 21 heavy (non-hydrogen) atoms. The number of allylic oxidation sites excluding steroid dienone is 1. The highest BCUT2D eigenvalue weighted by Gasteiger charge is 2.24. The van der Waals surface area contributed by atoms with Gasteiger partial charge in [0.2, 0.25) is 0 Å². The number of ketones is 1. The van der Waals surface area contributed by atoms with Crippen molar-refractivity contribution in [3.05, 3.63) is 57.8 Å². The van der Waals surface area contributed by atoms with Crippen LogP contribution in [0.5, 0.6) is 0 Å². The molecule has 0 aliphatic rings. The molecule has 0 radical (unpaired) electrons. The average molecular weight is 289 g/mol. The van der Waals surface area contributed by atoms with E-state index in [-0.39, 0.29) is 17.3 Å². The summed E-state index contributed by atoms with van der Waals surface area (Å²) in [6.45, 7) is 2.87. The minimum Gasteiger partial charge on any atom is -0.358 e. The van der Waals surface area contributed by atoms with Crippen molar-refractivity contribution in [1.29, 1.82) is 0 Å². The molecule has 0 aliphatic heterocycles. The number of carbonyl (C=O) groups excluding carboxylic acids is 1. The number of nitro groups is 1. The van der Waals surface area contributed by atoms with Crippen molar-refractivity contribution in [1.82, 2.24) is 9.55 Å². The van der Waals surface area contributed by atoms with Crippen LogP contribution in [0.4, 0.5) is 10.2 Å². The van der Waals surface area contributed by atoms with Gasteiger partial charge in [-0.1, -0.05) is 12.1 Å². The summed E-state index contributed by atoms with van der Waals surface area (Å²) < 4.78 is 14.1. The first-order chi connectivity index (χ1) is 9.90. The molecule has 1 aromatic heterocycles. The molecular weight excluding hydrogens is 277 g/mol. The summed E-state index contributed by atoms with van der Waals surface area (Å²) >= 11 is 0. The van der Waals surface area contributed by atoms with E-state index in [9.17, 15) is 19.3 Å². The number of hydrogen-bond acceptors (Lipinski definition) is 4. The number of halogens is 1. The highest BCUT2D eigenvalue weighted by Crippen LogP contribution is 2.22. The fraction of sp³-hybridized carbons (Fsp3) is 0.143. The number of aromatic nitrogens is 2. The van der Waals surface area contributed by atoms with Gasteiger partial charge in [-0.05, 0) is 28.7 Å². The first kappa shape index (κ1) is 14.6. The number of imidazole rings is 1. The maximum Gasteiger partial charge on any atom is 0.348 e. The van der Waals surface area contributed by atoms with Gasteiger partial charge in [0, 0.05) is 13.8 Å². The van der Waals surface area contributed by atoms with E-state index in [1.807, 2.05) is 0 Å². The zero-order valence-electron chi connectivity index (χ0n) is 11.4. The molecule has 0 amide bonds. The fourth-order valence-corrected chi connectivity index (χ4v) is 1.90. The summed E-state index contributed by atoms with van der Waals surface area (Å²) in [6, 6.07) is 5.46. The Morgan fingerprint density at radius 1 is 1.38 bits per heavy atom. The van der Waals surface area contributed by atoms with E-state index in [1.165, 1.54) is 41.8 Å². The van der Waals surface area contributed by atoms with Gasteiger partial charge in [0.05, 0.1) is 0 Å². The van der Waals surface area contributed by atoms with Gasteiger partial charge < -0.3 is 10.1 Å². The summed E-state index contributed by atoms with van der Waals surface area (Å²) in [5, 5.41) is 11.0. The van der Waals surface area contributed by atoms with Crippen molar-refractivity contribution in [2.45, 2.75) is 13.8 Å². The SMILES string of the molecule is CC(=O)/C(=C\c1ccc(F)cc1)n1c([N+](=O)[O-])cnc1C. The van der Waals surface area contributed by atoms with Gasteiger partial charge in [-0.25, -0.2) is 9.37 Å². The van der Waals surface area contributed by atoms with Crippen molar-refractivity contribution < 1.29 is 14.1 Å². The van der Waals surface area contributed by atoms with E-state index in [0.717, 1.165) is 6.20 Å². The summed E-state index contributed by atoms with van der Waals surface area (Å²) in [7, 11) is 0. The Labute approximate surface area is 119 Å². The normalized spacial score (nSPS) is 11.5. The Kier molecular flexibility index (Phi) is 3.93. The summed E-state index contributed by atoms with van der Waals surface area (Å²) in [4.78, 5) is 26.1. The molecule has 2 aromatic rings. The minimum atomic E-state index is -0.610. The van der Waals surface area contributed by atoms with E-state index in [0.29, 0.717) is 11.4 Å². The molecule has 7 heteroatoms. The second kappa shape index (κ2) is 5.66. The largest absolute Gasteiger partial charge is 0.358 e. The third kappa shape index (κ3) is 3.02. The molecule has 108 valence electrons. The predicted octanol–water partition coefficient (Wildman–Crippen LogP) is 2.83. The molecule has 0 bridgehead atoms. The minimum absolute atomic E-state index is 0.100. The second-order valence-electron chi connectivity index (χ2n) is 4.39. The molecule has 0 aliphatic carbocycles. The van der Waals surface area contributed by atoms with Crippen LogP contribution in [0.3, 0.4) is 0 Å². The van der Waals surface area contributed by atoms with Gasteiger partial charge in [-0.2, -0.15) is 4.57 Å². The zero-order valence-corrected chi connectivity index (χ0v) is 11.4. The monoisotopic (exact) mass is 289 g/mol. The van der Waals surface area contributed by atoms with Crippen LogP contribution >= 0.6 is 0 Å². The molecule has 0 saturated heterocycles. The molecule has 2 rings (SSSR count). The molecule has 0 fully saturated rings. The van der Waals surface area contributed by atoms with Gasteiger partial charge in [0.1, 0.15) is 12.0 Å². The highest BCUT2D eigenvalue weighted by atomic mass is 19.1. The van der Waals surface area contributed by atoms with Crippen LogP contribution in [0.25, 0.3) is 11.8 Å². The maximum absolute atomic E-state index is 12.9. The number of hydrogen-bond donors (Lipinski definition) is 0. The van der Waals surface area contributed by atoms with Gasteiger partial charge in [-0.3, -0.25) is 4.79 Å². The van der Waals surface area contributed by atoms with Crippen LogP contribution in [0.1, 0.15) is 18.3 Å². The lowest BCUT2D eigenvalue weighted by atomic mass is 10.1. The van der Waals surface area contributed by atoms with E-state index >= 15 is 0 Å². The Bertz CT molecular complexity index is 732. The van der Waals surface area contributed by atoms with Crippen LogP contribution in [0.2, 0.25) is 0 Å². The molecule has 0 atom stereocenters. The van der Waals surface area contributed by atoms with Crippen LogP contribution in [-0.2, 0) is 4.79 Å². The molecule has 0 N–H and O–H groups in total. The lowest BCUT2D eigenvalue weighted by Crippen LogP contribution is -2.10.